The summed E-state index contributed by atoms with van der Waals surface area (Å²) in [6.07, 6.45) is 3.99. The van der Waals surface area contributed by atoms with Crippen LogP contribution >= 0.6 is 22.9 Å². The maximum Gasteiger partial charge on any atom is 0.249 e. The first-order chi connectivity index (χ1) is 11.9. The Balaban J connectivity index is 1.67. The van der Waals surface area contributed by atoms with Gasteiger partial charge in [-0.1, -0.05) is 35.0 Å². The van der Waals surface area contributed by atoms with Crippen molar-refractivity contribution in [2.24, 2.45) is 12.8 Å². The lowest BCUT2D eigenvalue weighted by molar-refractivity contribution is -0.117. The minimum atomic E-state index is -0.896. The number of aromatic nitrogens is 4. The smallest absolute Gasteiger partial charge is 0.249 e. The maximum atomic E-state index is 12.2. The van der Waals surface area contributed by atoms with Crippen LogP contribution in [-0.2, 0) is 18.3 Å². The van der Waals surface area contributed by atoms with Gasteiger partial charge in [0.15, 0.2) is 5.13 Å². The van der Waals surface area contributed by atoms with Crippen molar-refractivity contribution in [3.05, 3.63) is 57.3 Å². The molecule has 25 heavy (non-hydrogen) atoms. The predicted molar refractivity (Wildman–Crippen MR) is 97.7 cm³/mol. The SMILES string of the molecule is Cc1cccc(Cc2cnc(NC(=O)C(N)c3cn(C)nn3)s2)c1Cl. The summed E-state index contributed by atoms with van der Waals surface area (Å²) in [5, 5.41) is 11.6. The summed E-state index contributed by atoms with van der Waals surface area (Å²) in [5.41, 5.74) is 8.37. The van der Waals surface area contributed by atoms with Crippen LogP contribution in [0.3, 0.4) is 0 Å². The number of carbonyl (C=O) groups is 1. The van der Waals surface area contributed by atoms with Gasteiger partial charge in [-0.25, -0.2) is 4.98 Å². The van der Waals surface area contributed by atoms with Crippen molar-refractivity contribution in [2.75, 3.05) is 5.32 Å². The van der Waals surface area contributed by atoms with Crippen LogP contribution in [0.4, 0.5) is 5.13 Å². The zero-order valence-electron chi connectivity index (χ0n) is 13.7. The van der Waals surface area contributed by atoms with E-state index in [9.17, 15) is 4.79 Å². The highest BCUT2D eigenvalue weighted by Gasteiger charge is 2.20. The number of aryl methyl sites for hydroxylation is 2. The lowest BCUT2D eigenvalue weighted by Crippen LogP contribution is -2.28. The minimum Gasteiger partial charge on any atom is -0.315 e. The molecule has 0 saturated heterocycles. The summed E-state index contributed by atoms with van der Waals surface area (Å²) in [4.78, 5) is 17.4. The third kappa shape index (κ3) is 4.04. The number of nitrogens with one attached hydrogen (secondary N) is 1. The molecule has 130 valence electrons. The monoisotopic (exact) mass is 376 g/mol. The Morgan fingerprint density at radius 3 is 3.00 bits per heavy atom. The Bertz CT molecular complexity index is 906. The Hall–Kier alpha value is -2.29. The third-order valence-electron chi connectivity index (χ3n) is 3.64. The zero-order chi connectivity index (χ0) is 18.0. The van der Waals surface area contributed by atoms with E-state index in [0.717, 1.165) is 21.0 Å². The summed E-state index contributed by atoms with van der Waals surface area (Å²) >= 11 is 7.72. The first-order valence-corrected chi connectivity index (χ1v) is 8.75. The fourth-order valence-corrected chi connectivity index (χ4v) is 3.34. The van der Waals surface area contributed by atoms with E-state index in [2.05, 4.69) is 20.6 Å². The average Bonchev–Trinajstić information content (AvgIpc) is 3.20. The molecular weight excluding hydrogens is 360 g/mol. The first kappa shape index (κ1) is 17.5. The highest BCUT2D eigenvalue weighted by atomic mass is 35.5. The summed E-state index contributed by atoms with van der Waals surface area (Å²) < 4.78 is 1.50. The van der Waals surface area contributed by atoms with Crippen molar-refractivity contribution in [2.45, 2.75) is 19.4 Å². The number of nitrogens with two attached hydrogens (primary N) is 1. The van der Waals surface area contributed by atoms with Crippen molar-refractivity contribution in [1.29, 1.82) is 0 Å². The van der Waals surface area contributed by atoms with Crippen LogP contribution in [-0.4, -0.2) is 25.9 Å². The van der Waals surface area contributed by atoms with Gasteiger partial charge in [0.2, 0.25) is 5.91 Å². The number of benzene rings is 1. The predicted octanol–water partition coefficient (Wildman–Crippen LogP) is 2.46. The maximum absolute atomic E-state index is 12.2. The molecule has 1 atom stereocenters. The van der Waals surface area contributed by atoms with Crippen LogP contribution in [0.25, 0.3) is 0 Å². The highest BCUT2D eigenvalue weighted by Crippen LogP contribution is 2.27. The summed E-state index contributed by atoms with van der Waals surface area (Å²) in [7, 11) is 1.71. The van der Waals surface area contributed by atoms with Gasteiger partial charge in [-0.15, -0.1) is 16.4 Å². The molecule has 0 radical (unpaired) electrons. The molecule has 3 rings (SSSR count). The van der Waals surface area contributed by atoms with Crippen molar-refractivity contribution >= 4 is 34.0 Å². The molecule has 0 fully saturated rings. The molecule has 1 aromatic carbocycles. The second-order valence-electron chi connectivity index (χ2n) is 5.64. The molecule has 7 nitrogen and oxygen atoms in total. The quantitative estimate of drug-likeness (QED) is 0.712. The van der Waals surface area contributed by atoms with E-state index < -0.39 is 6.04 Å². The number of carbonyl (C=O) groups excluding carboxylic acids is 1. The molecule has 0 spiro atoms. The number of nitrogens with zero attached hydrogens (tertiary/aromatic N) is 4. The first-order valence-electron chi connectivity index (χ1n) is 7.55. The molecule has 0 aliphatic carbocycles. The summed E-state index contributed by atoms with van der Waals surface area (Å²) in [6, 6.07) is 5.03. The Labute approximate surface area is 153 Å². The fourth-order valence-electron chi connectivity index (χ4n) is 2.30. The van der Waals surface area contributed by atoms with E-state index in [0.29, 0.717) is 17.2 Å². The van der Waals surface area contributed by atoms with E-state index in [1.807, 2.05) is 25.1 Å². The number of rotatable bonds is 5. The molecule has 2 aromatic heterocycles. The van der Waals surface area contributed by atoms with Crippen molar-refractivity contribution < 1.29 is 4.79 Å². The van der Waals surface area contributed by atoms with Crippen LogP contribution in [0.2, 0.25) is 5.02 Å². The van der Waals surface area contributed by atoms with Gasteiger partial charge in [-0.2, -0.15) is 0 Å². The number of amides is 1. The van der Waals surface area contributed by atoms with E-state index in [-0.39, 0.29) is 5.91 Å². The molecule has 9 heteroatoms. The van der Waals surface area contributed by atoms with Gasteiger partial charge < -0.3 is 11.1 Å². The lowest BCUT2D eigenvalue weighted by atomic mass is 10.1. The van der Waals surface area contributed by atoms with Crippen molar-refractivity contribution in [1.82, 2.24) is 20.0 Å². The van der Waals surface area contributed by atoms with Crippen LogP contribution in [0.1, 0.15) is 27.7 Å². The highest BCUT2D eigenvalue weighted by molar-refractivity contribution is 7.15. The topological polar surface area (TPSA) is 98.7 Å². The molecule has 0 saturated carbocycles. The van der Waals surface area contributed by atoms with Gasteiger partial charge in [-0.3, -0.25) is 9.48 Å². The standard InChI is InChI=1S/C16H17ClN6OS/c1-9-4-3-5-10(13(9)17)6-11-7-19-16(25-11)20-15(24)14(18)12-8-23(2)22-21-12/h3-5,7-8,14H,6,18H2,1-2H3,(H,19,20,24). The van der Waals surface area contributed by atoms with E-state index in [4.69, 9.17) is 17.3 Å². The number of halogens is 1. The Morgan fingerprint density at radius 1 is 1.48 bits per heavy atom. The number of thiazole rings is 1. The third-order valence-corrected chi connectivity index (χ3v) is 5.10. The Kier molecular flexibility index (Phi) is 5.12. The summed E-state index contributed by atoms with van der Waals surface area (Å²) in [5.74, 6) is -0.380. The Morgan fingerprint density at radius 2 is 2.28 bits per heavy atom. The second-order valence-corrected chi connectivity index (χ2v) is 7.13. The van der Waals surface area contributed by atoms with Crippen molar-refractivity contribution in [3.8, 4) is 0 Å². The van der Waals surface area contributed by atoms with Gasteiger partial charge in [0.1, 0.15) is 11.7 Å². The summed E-state index contributed by atoms with van der Waals surface area (Å²) in [6.45, 7) is 1.97. The van der Waals surface area contributed by atoms with E-state index >= 15 is 0 Å². The van der Waals surface area contributed by atoms with E-state index in [1.165, 1.54) is 16.0 Å². The van der Waals surface area contributed by atoms with Gasteiger partial charge in [0.05, 0.1) is 6.20 Å². The molecule has 3 aromatic rings. The zero-order valence-corrected chi connectivity index (χ0v) is 15.3. The lowest BCUT2D eigenvalue weighted by Gasteiger charge is -2.07. The largest absolute Gasteiger partial charge is 0.315 e. The average molecular weight is 377 g/mol. The fraction of sp³-hybridized carbons (Fsp3) is 0.250. The molecule has 1 amide bonds. The second kappa shape index (κ2) is 7.30. The molecule has 3 N–H and O–H groups in total. The molecule has 1 unspecified atom stereocenters. The van der Waals surface area contributed by atoms with E-state index in [1.54, 1.807) is 19.4 Å². The van der Waals surface area contributed by atoms with Crippen molar-refractivity contribution in [3.63, 3.8) is 0 Å². The van der Waals surface area contributed by atoms with Crippen LogP contribution in [0.5, 0.6) is 0 Å². The molecule has 0 bridgehead atoms. The normalized spacial score (nSPS) is 12.2. The number of anilines is 1. The minimum absolute atomic E-state index is 0.380. The molecule has 0 aliphatic rings. The van der Waals surface area contributed by atoms with Crippen LogP contribution in [0, 0.1) is 6.92 Å². The van der Waals surface area contributed by atoms with Crippen LogP contribution < -0.4 is 11.1 Å². The number of hydrogen-bond donors (Lipinski definition) is 2. The van der Waals surface area contributed by atoms with Gasteiger partial charge in [0.25, 0.3) is 0 Å². The van der Waals surface area contributed by atoms with Crippen LogP contribution in [0.15, 0.2) is 30.6 Å². The van der Waals surface area contributed by atoms with Gasteiger partial charge in [-0.05, 0) is 18.1 Å². The van der Waals surface area contributed by atoms with Gasteiger partial charge in [0, 0.05) is 29.6 Å². The van der Waals surface area contributed by atoms with Gasteiger partial charge >= 0.3 is 0 Å². The molecule has 2 heterocycles. The molecule has 0 aliphatic heterocycles. The molecular formula is C16H17ClN6OS. The number of hydrogen-bond acceptors (Lipinski definition) is 6.